The third-order valence-corrected chi connectivity index (χ3v) is 6.51. The van der Waals surface area contributed by atoms with Crippen LogP contribution in [-0.4, -0.2) is 21.9 Å². The highest BCUT2D eigenvalue weighted by molar-refractivity contribution is 6.30. The SMILES string of the molecule is CCCCOC(=O)c1ccc(N[C@H](c2ccc(Cl)cc2)c2c(C)n(C)n(-c3ccccc3)c2=O)cc1. The number of ether oxygens (including phenoxy) is 1. The van der Waals surface area contributed by atoms with E-state index in [9.17, 15) is 9.59 Å². The normalized spacial score (nSPS) is 11.8. The molecule has 6 nitrogen and oxygen atoms in total. The molecule has 0 spiro atoms. The number of benzene rings is 3. The lowest BCUT2D eigenvalue weighted by Crippen LogP contribution is -2.24. The number of para-hydroxylation sites is 1. The minimum atomic E-state index is -0.437. The smallest absolute Gasteiger partial charge is 0.338 e. The van der Waals surface area contributed by atoms with Crippen LogP contribution in [0, 0.1) is 6.92 Å². The fraction of sp³-hybridized carbons (Fsp3) is 0.241. The van der Waals surface area contributed by atoms with Crippen LogP contribution in [0.5, 0.6) is 0 Å². The number of nitrogens with zero attached hydrogens (tertiary/aromatic N) is 2. The van der Waals surface area contributed by atoms with Crippen molar-refractivity contribution >= 4 is 23.3 Å². The number of hydrogen-bond acceptors (Lipinski definition) is 4. The van der Waals surface area contributed by atoms with Crippen LogP contribution in [0.1, 0.15) is 53.0 Å². The average Bonchev–Trinajstić information content (AvgIpc) is 3.11. The molecule has 0 fully saturated rings. The van der Waals surface area contributed by atoms with Crippen molar-refractivity contribution in [2.45, 2.75) is 32.7 Å². The second-order valence-corrected chi connectivity index (χ2v) is 9.11. The molecule has 0 aliphatic heterocycles. The van der Waals surface area contributed by atoms with E-state index in [4.69, 9.17) is 16.3 Å². The average molecular weight is 504 g/mol. The minimum Gasteiger partial charge on any atom is -0.462 e. The number of anilines is 1. The van der Waals surface area contributed by atoms with Gasteiger partial charge in [-0.25, -0.2) is 9.48 Å². The van der Waals surface area contributed by atoms with Crippen LogP contribution in [0.4, 0.5) is 5.69 Å². The Balaban J connectivity index is 1.71. The third-order valence-electron chi connectivity index (χ3n) is 6.25. The fourth-order valence-corrected chi connectivity index (χ4v) is 4.29. The second kappa shape index (κ2) is 11.3. The number of rotatable bonds is 9. The Bertz CT molecular complexity index is 1370. The van der Waals surface area contributed by atoms with E-state index >= 15 is 0 Å². The molecule has 0 bridgehead atoms. The number of nitrogens with one attached hydrogen (secondary N) is 1. The van der Waals surface area contributed by atoms with Crippen LogP contribution < -0.4 is 10.9 Å². The van der Waals surface area contributed by atoms with Crippen LogP contribution >= 0.6 is 11.6 Å². The molecular formula is C29H30ClN3O3. The highest BCUT2D eigenvalue weighted by Crippen LogP contribution is 2.29. The molecule has 0 unspecified atom stereocenters. The number of unbranched alkanes of at least 4 members (excludes halogenated alkanes) is 1. The van der Waals surface area contributed by atoms with Crippen molar-refractivity contribution < 1.29 is 9.53 Å². The summed E-state index contributed by atoms with van der Waals surface area (Å²) in [6, 6.07) is 23.7. The molecule has 1 N–H and O–H groups in total. The molecule has 0 saturated carbocycles. The molecule has 7 heteroatoms. The van der Waals surface area contributed by atoms with Crippen LogP contribution in [0.15, 0.2) is 83.7 Å². The molecule has 0 aliphatic carbocycles. The molecule has 4 aromatic rings. The number of esters is 1. The molecule has 0 radical (unpaired) electrons. The summed E-state index contributed by atoms with van der Waals surface area (Å²) < 4.78 is 8.85. The lowest BCUT2D eigenvalue weighted by Gasteiger charge is -2.20. The number of carbonyl (C=O) groups excluding carboxylic acids is 1. The highest BCUT2D eigenvalue weighted by atomic mass is 35.5. The Morgan fingerprint density at radius 2 is 1.67 bits per heavy atom. The molecule has 0 saturated heterocycles. The zero-order valence-corrected chi connectivity index (χ0v) is 21.5. The Morgan fingerprint density at radius 1 is 1.00 bits per heavy atom. The van der Waals surface area contributed by atoms with E-state index in [0.29, 0.717) is 22.8 Å². The van der Waals surface area contributed by atoms with Gasteiger partial charge in [0.25, 0.3) is 5.56 Å². The van der Waals surface area contributed by atoms with E-state index in [1.54, 1.807) is 16.8 Å². The van der Waals surface area contributed by atoms with Gasteiger partial charge in [-0.15, -0.1) is 0 Å². The molecule has 1 atom stereocenters. The topological polar surface area (TPSA) is 65.3 Å². The lowest BCUT2D eigenvalue weighted by atomic mass is 9.98. The summed E-state index contributed by atoms with van der Waals surface area (Å²) in [6.07, 6.45) is 1.80. The van der Waals surface area contributed by atoms with Gasteiger partial charge in [0.1, 0.15) is 0 Å². The first-order valence-corrected chi connectivity index (χ1v) is 12.4. The molecule has 3 aromatic carbocycles. The van der Waals surface area contributed by atoms with Gasteiger partial charge in [-0.1, -0.05) is 55.3 Å². The maximum Gasteiger partial charge on any atom is 0.338 e. The van der Waals surface area contributed by atoms with Gasteiger partial charge < -0.3 is 10.1 Å². The van der Waals surface area contributed by atoms with Crippen molar-refractivity contribution in [2.24, 2.45) is 7.05 Å². The second-order valence-electron chi connectivity index (χ2n) is 8.67. The van der Waals surface area contributed by atoms with Crippen LogP contribution in [0.25, 0.3) is 5.69 Å². The number of aromatic nitrogens is 2. The zero-order chi connectivity index (χ0) is 25.7. The van der Waals surface area contributed by atoms with E-state index in [0.717, 1.165) is 35.5 Å². The van der Waals surface area contributed by atoms with Gasteiger partial charge in [0.15, 0.2) is 0 Å². The summed E-state index contributed by atoms with van der Waals surface area (Å²) in [5.74, 6) is -0.339. The highest BCUT2D eigenvalue weighted by Gasteiger charge is 2.25. The van der Waals surface area contributed by atoms with Crippen molar-refractivity contribution in [3.05, 3.63) is 117 Å². The summed E-state index contributed by atoms with van der Waals surface area (Å²) in [4.78, 5) is 26.1. The fourth-order valence-electron chi connectivity index (χ4n) is 4.16. The molecule has 0 amide bonds. The Hall–Kier alpha value is -3.77. The van der Waals surface area contributed by atoms with Gasteiger partial charge in [-0.2, -0.15) is 0 Å². The Kier molecular flexibility index (Phi) is 7.96. The van der Waals surface area contributed by atoms with Gasteiger partial charge in [-0.05, 0) is 67.4 Å². The first-order chi connectivity index (χ1) is 17.4. The molecule has 0 aliphatic rings. The summed E-state index contributed by atoms with van der Waals surface area (Å²) in [7, 11) is 1.88. The summed E-state index contributed by atoms with van der Waals surface area (Å²) >= 11 is 6.15. The van der Waals surface area contributed by atoms with Gasteiger partial charge in [0, 0.05) is 23.5 Å². The van der Waals surface area contributed by atoms with E-state index in [1.165, 1.54) is 0 Å². The molecular weight excluding hydrogens is 474 g/mol. The number of halogens is 1. The van der Waals surface area contributed by atoms with Crippen LogP contribution in [0.2, 0.25) is 5.02 Å². The molecule has 1 heterocycles. The predicted octanol–water partition coefficient (Wildman–Crippen LogP) is 6.30. The van der Waals surface area contributed by atoms with Gasteiger partial charge in [0.05, 0.1) is 29.5 Å². The monoisotopic (exact) mass is 503 g/mol. The standard InChI is InChI=1S/C29H30ClN3O3/c1-4-5-19-36-29(35)22-13-17-24(18-14-22)31-27(21-11-15-23(30)16-12-21)26-20(2)32(3)33(28(26)34)25-9-7-6-8-10-25/h6-18,27,31H,4-5,19H2,1-3H3/t27-/m1/s1. The van der Waals surface area contributed by atoms with Crippen molar-refractivity contribution in [3.63, 3.8) is 0 Å². The van der Waals surface area contributed by atoms with E-state index in [1.807, 2.05) is 85.4 Å². The molecule has 186 valence electrons. The van der Waals surface area contributed by atoms with E-state index in [2.05, 4.69) is 12.2 Å². The quantitative estimate of drug-likeness (QED) is 0.215. The maximum atomic E-state index is 13.8. The Labute approximate surface area is 216 Å². The maximum absolute atomic E-state index is 13.8. The molecule has 4 rings (SSSR count). The predicted molar refractivity (Wildman–Crippen MR) is 144 cm³/mol. The minimum absolute atomic E-state index is 0.107. The number of hydrogen-bond donors (Lipinski definition) is 1. The number of carbonyl (C=O) groups is 1. The van der Waals surface area contributed by atoms with Crippen molar-refractivity contribution in [2.75, 3.05) is 11.9 Å². The van der Waals surface area contributed by atoms with Gasteiger partial charge in [-0.3, -0.25) is 9.48 Å². The third kappa shape index (κ3) is 5.39. The van der Waals surface area contributed by atoms with Gasteiger partial charge >= 0.3 is 5.97 Å². The molecule has 1 aromatic heterocycles. The zero-order valence-electron chi connectivity index (χ0n) is 20.7. The first kappa shape index (κ1) is 25.3. The van der Waals surface area contributed by atoms with E-state index < -0.39 is 6.04 Å². The Morgan fingerprint density at radius 3 is 2.31 bits per heavy atom. The van der Waals surface area contributed by atoms with Crippen molar-refractivity contribution in [3.8, 4) is 5.69 Å². The van der Waals surface area contributed by atoms with Crippen LogP contribution in [0.3, 0.4) is 0 Å². The van der Waals surface area contributed by atoms with Gasteiger partial charge in [0.2, 0.25) is 0 Å². The van der Waals surface area contributed by atoms with Crippen LogP contribution in [-0.2, 0) is 11.8 Å². The summed E-state index contributed by atoms with van der Waals surface area (Å²) in [5, 5.41) is 4.12. The van der Waals surface area contributed by atoms with Crippen molar-refractivity contribution in [1.29, 1.82) is 0 Å². The molecule has 36 heavy (non-hydrogen) atoms. The summed E-state index contributed by atoms with van der Waals surface area (Å²) in [5.41, 5.74) is 4.31. The first-order valence-electron chi connectivity index (χ1n) is 12.0. The lowest BCUT2D eigenvalue weighted by molar-refractivity contribution is 0.0500. The van der Waals surface area contributed by atoms with E-state index in [-0.39, 0.29) is 11.5 Å². The largest absolute Gasteiger partial charge is 0.462 e. The summed E-state index contributed by atoms with van der Waals surface area (Å²) in [6.45, 7) is 4.40. The van der Waals surface area contributed by atoms with Crippen molar-refractivity contribution in [1.82, 2.24) is 9.36 Å².